The zero-order valence-electron chi connectivity index (χ0n) is 14.5. The van der Waals surface area contributed by atoms with Gasteiger partial charge in [-0.3, -0.25) is 4.79 Å². The van der Waals surface area contributed by atoms with E-state index in [4.69, 9.17) is 32.7 Å². The first kappa shape index (κ1) is 21.0. The number of para-hydroxylation sites is 1. The van der Waals surface area contributed by atoms with E-state index in [1.165, 1.54) is 12.1 Å². The summed E-state index contributed by atoms with van der Waals surface area (Å²) in [5, 5.41) is 2.18. The van der Waals surface area contributed by atoms with Crippen LogP contribution in [0.3, 0.4) is 0 Å². The molecule has 2 aromatic carbocycles. The van der Waals surface area contributed by atoms with Crippen molar-refractivity contribution in [1.29, 1.82) is 0 Å². The number of anilines is 1. The summed E-state index contributed by atoms with van der Waals surface area (Å²) >= 11 is 11.7. The predicted molar refractivity (Wildman–Crippen MR) is 101 cm³/mol. The van der Waals surface area contributed by atoms with Gasteiger partial charge in [-0.1, -0.05) is 29.3 Å². The van der Waals surface area contributed by atoms with Crippen molar-refractivity contribution in [2.45, 2.75) is 6.18 Å². The Bertz CT molecular complexity index is 1010. The number of amides is 1. The maximum atomic E-state index is 13.1. The van der Waals surface area contributed by atoms with Crippen LogP contribution >= 0.6 is 23.2 Å². The molecule has 1 heterocycles. The van der Waals surface area contributed by atoms with Crippen molar-refractivity contribution in [3.8, 4) is 5.75 Å². The van der Waals surface area contributed by atoms with Gasteiger partial charge in [0.2, 0.25) is 0 Å². The Labute approximate surface area is 173 Å². The topological polar surface area (TPSA) is 64.6 Å². The zero-order chi connectivity index (χ0) is 21.2. The van der Waals surface area contributed by atoms with Gasteiger partial charge in [0.1, 0.15) is 12.4 Å². The van der Waals surface area contributed by atoms with Gasteiger partial charge < -0.3 is 14.8 Å². The molecule has 0 aromatic heterocycles. The van der Waals surface area contributed by atoms with Gasteiger partial charge in [-0.25, -0.2) is 4.79 Å². The van der Waals surface area contributed by atoms with Gasteiger partial charge in [-0.2, -0.15) is 13.2 Å². The number of rotatable bonds is 4. The number of nitrogens with one attached hydrogen (secondary N) is 1. The number of esters is 1. The molecule has 5 nitrogen and oxygen atoms in total. The van der Waals surface area contributed by atoms with Gasteiger partial charge >= 0.3 is 12.1 Å². The molecule has 10 heteroatoms. The second-order valence-electron chi connectivity index (χ2n) is 5.92. The lowest BCUT2D eigenvalue weighted by Crippen LogP contribution is -2.25. The smallest absolute Gasteiger partial charge is 0.418 e. The highest BCUT2D eigenvalue weighted by molar-refractivity contribution is 6.34. The summed E-state index contributed by atoms with van der Waals surface area (Å²) in [7, 11) is 0. The van der Waals surface area contributed by atoms with E-state index in [2.05, 4.69) is 0 Å². The average Bonchev–Trinajstić information content (AvgIpc) is 2.66. The van der Waals surface area contributed by atoms with Gasteiger partial charge in [0.15, 0.2) is 6.61 Å². The van der Waals surface area contributed by atoms with Crippen LogP contribution in [0, 0.1) is 0 Å². The minimum absolute atomic E-state index is 0.0855. The van der Waals surface area contributed by atoms with Crippen molar-refractivity contribution >= 4 is 46.8 Å². The van der Waals surface area contributed by atoms with Gasteiger partial charge in [-0.05, 0) is 36.4 Å². The molecule has 1 aliphatic rings. The molecule has 0 unspecified atom stereocenters. The van der Waals surface area contributed by atoms with E-state index >= 15 is 0 Å². The first-order valence-electron chi connectivity index (χ1n) is 8.11. The molecule has 0 saturated heterocycles. The van der Waals surface area contributed by atoms with Crippen LogP contribution in [-0.4, -0.2) is 25.1 Å². The number of carbonyl (C=O) groups excluding carboxylic acids is 2. The first-order chi connectivity index (χ1) is 13.6. The molecule has 0 fully saturated rings. The lowest BCUT2D eigenvalue weighted by Gasteiger charge is -2.18. The fourth-order valence-electron chi connectivity index (χ4n) is 2.55. The Hall–Kier alpha value is -2.71. The number of alkyl halides is 3. The lowest BCUT2D eigenvalue weighted by atomic mass is 10.1. The summed E-state index contributed by atoms with van der Waals surface area (Å²) in [6, 6.07) is 7.95. The van der Waals surface area contributed by atoms with E-state index in [9.17, 15) is 22.8 Å². The molecular weight excluding hydrogens is 434 g/mol. The minimum Gasteiger partial charge on any atom is -0.488 e. The molecule has 1 aliphatic heterocycles. The summed E-state index contributed by atoms with van der Waals surface area (Å²) in [5.74, 6) is -1.29. The number of hydrogen-bond acceptors (Lipinski definition) is 4. The van der Waals surface area contributed by atoms with Gasteiger partial charge in [0, 0.05) is 10.6 Å². The quantitative estimate of drug-likeness (QED) is 0.674. The van der Waals surface area contributed by atoms with Crippen LogP contribution in [0.4, 0.5) is 18.9 Å². The summed E-state index contributed by atoms with van der Waals surface area (Å²) < 4.78 is 49.5. The number of benzene rings is 2. The number of ether oxygens (including phenoxy) is 2. The molecule has 0 radical (unpaired) electrons. The number of halogens is 5. The van der Waals surface area contributed by atoms with Crippen molar-refractivity contribution in [3.63, 3.8) is 0 Å². The number of carbonyl (C=O) groups is 2. The second-order valence-corrected chi connectivity index (χ2v) is 6.77. The molecule has 1 amide bonds. The van der Waals surface area contributed by atoms with E-state index < -0.39 is 35.9 Å². The molecule has 3 rings (SSSR count). The Kier molecular flexibility index (Phi) is 6.04. The van der Waals surface area contributed by atoms with Crippen LogP contribution in [0.5, 0.6) is 5.75 Å². The molecule has 2 aromatic rings. The maximum absolute atomic E-state index is 13.1. The van der Waals surface area contributed by atoms with E-state index in [0.29, 0.717) is 16.3 Å². The Morgan fingerprint density at radius 2 is 1.93 bits per heavy atom. The van der Waals surface area contributed by atoms with E-state index in [0.717, 1.165) is 12.1 Å². The second kappa shape index (κ2) is 8.34. The standard InChI is InChI=1S/C19H12Cl2F3NO4/c20-12-4-5-15-10(7-12)6-11(8-28-15)18(27)29-9-16(26)25-17-13(19(22,23)24)2-1-3-14(17)21/h1-7H,8-9H2,(H,25,26). The average molecular weight is 446 g/mol. The largest absolute Gasteiger partial charge is 0.488 e. The highest BCUT2D eigenvalue weighted by atomic mass is 35.5. The Morgan fingerprint density at radius 1 is 1.17 bits per heavy atom. The molecular formula is C19H12Cl2F3NO4. The number of hydrogen-bond donors (Lipinski definition) is 1. The lowest BCUT2D eigenvalue weighted by molar-refractivity contribution is -0.143. The van der Waals surface area contributed by atoms with Gasteiger partial charge in [0.05, 0.1) is 21.8 Å². The monoisotopic (exact) mass is 445 g/mol. The fraction of sp³-hybridized carbons (Fsp3) is 0.158. The summed E-state index contributed by atoms with van der Waals surface area (Å²) in [5.41, 5.74) is -1.03. The summed E-state index contributed by atoms with van der Waals surface area (Å²) in [4.78, 5) is 24.1. The molecule has 29 heavy (non-hydrogen) atoms. The Balaban J connectivity index is 1.66. The summed E-state index contributed by atoms with van der Waals surface area (Å²) in [6.07, 6.45) is -3.22. The molecule has 0 spiro atoms. The molecule has 0 aliphatic carbocycles. The minimum atomic E-state index is -4.72. The highest BCUT2D eigenvalue weighted by Crippen LogP contribution is 2.38. The summed E-state index contributed by atoms with van der Waals surface area (Å²) in [6.45, 7) is -0.890. The molecule has 1 N–H and O–H groups in total. The third-order valence-corrected chi connectivity index (χ3v) is 4.41. The highest BCUT2D eigenvalue weighted by Gasteiger charge is 2.35. The third kappa shape index (κ3) is 5.02. The third-order valence-electron chi connectivity index (χ3n) is 3.86. The molecule has 0 bridgehead atoms. The molecule has 152 valence electrons. The van der Waals surface area contributed by atoms with E-state index in [-0.39, 0.29) is 17.2 Å². The van der Waals surface area contributed by atoms with E-state index in [1.807, 2.05) is 5.32 Å². The fourth-order valence-corrected chi connectivity index (χ4v) is 2.96. The van der Waals surface area contributed by atoms with Crippen molar-refractivity contribution in [1.82, 2.24) is 0 Å². The maximum Gasteiger partial charge on any atom is 0.418 e. The van der Waals surface area contributed by atoms with Gasteiger partial charge in [-0.15, -0.1) is 0 Å². The van der Waals surface area contributed by atoms with Crippen LogP contribution in [0.2, 0.25) is 10.0 Å². The van der Waals surface area contributed by atoms with E-state index in [1.54, 1.807) is 18.2 Å². The van der Waals surface area contributed by atoms with Crippen LogP contribution in [0.25, 0.3) is 6.08 Å². The van der Waals surface area contributed by atoms with Crippen molar-refractivity contribution < 1.29 is 32.2 Å². The van der Waals surface area contributed by atoms with Crippen molar-refractivity contribution in [3.05, 3.63) is 63.1 Å². The molecule has 0 saturated carbocycles. The predicted octanol–water partition coefficient (Wildman–Crippen LogP) is 4.97. The van der Waals surface area contributed by atoms with Crippen LogP contribution < -0.4 is 10.1 Å². The Morgan fingerprint density at radius 3 is 2.66 bits per heavy atom. The first-order valence-corrected chi connectivity index (χ1v) is 8.86. The van der Waals surface area contributed by atoms with Crippen LogP contribution in [-0.2, 0) is 20.5 Å². The molecule has 0 atom stereocenters. The van der Waals surface area contributed by atoms with Crippen LogP contribution in [0.1, 0.15) is 11.1 Å². The SMILES string of the molecule is O=C(COC(=O)C1=Cc2cc(Cl)ccc2OC1)Nc1c(Cl)cccc1C(F)(F)F. The normalized spacial score (nSPS) is 13.1. The van der Waals surface area contributed by atoms with Crippen LogP contribution in [0.15, 0.2) is 42.0 Å². The zero-order valence-corrected chi connectivity index (χ0v) is 16.0. The number of fused-ring (bicyclic) bond motifs is 1. The van der Waals surface area contributed by atoms with Crippen molar-refractivity contribution in [2.24, 2.45) is 0 Å². The van der Waals surface area contributed by atoms with Gasteiger partial charge in [0.25, 0.3) is 5.91 Å². The van der Waals surface area contributed by atoms with Crippen molar-refractivity contribution in [2.75, 3.05) is 18.5 Å².